The standard InChI is InChI=1S/C28H35N3O4/c1-5-35-28(33)21-12-14-30(15-13-21)18-27(32)31-25(22-8-6-7-9-26(22)34-4)17-24(29-31)23-16-19(2)10-11-20(23)3/h6-11,16,21,25H,5,12-15,17-18H2,1-4H3. The van der Waals surface area contributed by atoms with Crippen LogP contribution in [0.2, 0.25) is 0 Å². The summed E-state index contributed by atoms with van der Waals surface area (Å²) in [5.41, 5.74) is 5.25. The third-order valence-electron chi connectivity index (χ3n) is 6.93. The Morgan fingerprint density at radius 2 is 1.83 bits per heavy atom. The fraction of sp³-hybridized carbons (Fsp3) is 0.464. The zero-order valence-electron chi connectivity index (χ0n) is 21.1. The van der Waals surface area contributed by atoms with E-state index in [1.807, 2.05) is 31.2 Å². The molecule has 1 saturated heterocycles. The van der Waals surface area contributed by atoms with Crippen molar-refractivity contribution in [2.24, 2.45) is 11.0 Å². The molecule has 0 spiro atoms. The Morgan fingerprint density at radius 1 is 1.09 bits per heavy atom. The molecule has 0 aromatic heterocycles. The molecule has 1 unspecified atom stereocenters. The van der Waals surface area contributed by atoms with Crippen LogP contribution in [0.5, 0.6) is 5.75 Å². The summed E-state index contributed by atoms with van der Waals surface area (Å²) >= 11 is 0. The number of benzene rings is 2. The first-order chi connectivity index (χ1) is 16.9. The SMILES string of the molecule is CCOC(=O)C1CCN(CC(=O)N2N=C(c3cc(C)ccc3C)CC2c2ccccc2OC)CC1. The number of rotatable bonds is 7. The quantitative estimate of drug-likeness (QED) is 0.557. The number of likely N-dealkylation sites (tertiary alicyclic amines) is 1. The average molecular weight is 478 g/mol. The zero-order valence-corrected chi connectivity index (χ0v) is 21.1. The maximum atomic E-state index is 13.6. The molecule has 1 amide bonds. The molecule has 1 fully saturated rings. The van der Waals surface area contributed by atoms with Crippen molar-refractivity contribution in [1.82, 2.24) is 9.91 Å². The van der Waals surface area contributed by atoms with Gasteiger partial charge in [0.05, 0.1) is 37.9 Å². The minimum absolute atomic E-state index is 0.0456. The van der Waals surface area contributed by atoms with E-state index in [0.717, 1.165) is 33.7 Å². The van der Waals surface area contributed by atoms with E-state index in [1.54, 1.807) is 12.1 Å². The lowest BCUT2D eigenvalue weighted by Crippen LogP contribution is -2.43. The number of ether oxygens (including phenoxy) is 2. The first-order valence-electron chi connectivity index (χ1n) is 12.4. The van der Waals surface area contributed by atoms with E-state index < -0.39 is 0 Å². The molecule has 1 atom stereocenters. The van der Waals surface area contributed by atoms with Gasteiger partial charge in [-0.1, -0.05) is 35.9 Å². The van der Waals surface area contributed by atoms with Gasteiger partial charge in [-0.25, -0.2) is 5.01 Å². The van der Waals surface area contributed by atoms with Crippen LogP contribution >= 0.6 is 0 Å². The van der Waals surface area contributed by atoms with Gasteiger partial charge in [-0.15, -0.1) is 0 Å². The third kappa shape index (κ3) is 5.56. The number of carbonyl (C=O) groups is 2. The van der Waals surface area contributed by atoms with Crippen LogP contribution in [0.1, 0.15) is 54.5 Å². The number of esters is 1. The normalized spacial score (nSPS) is 18.9. The number of hydrazone groups is 1. The number of hydrogen-bond acceptors (Lipinski definition) is 6. The molecule has 2 aliphatic rings. The number of aryl methyl sites for hydroxylation is 2. The van der Waals surface area contributed by atoms with Gasteiger partial charge in [0.25, 0.3) is 5.91 Å². The summed E-state index contributed by atoms with van der Waals surface area (Å²) < 4.78 is 10.8. The van der Waals surface area contributed by atoms with Crippen LogP contribution in [0.25, 0.3) is 0 Å². The van der Waals surface area contributed by atoms with Gasteiger partial charge in [0.15, 0.2) is 0 Å². The van der Waals surface area contributed by atoms with Crippen molar-refractivity contribution in [2.45, 2.75) is 46.1 Å². The molecule has 35 heavy (non-hydrogen) atoms. The first kappa shape index (κ1) is 24.9. The fourth-order valence-corrected chi connectivity index (χ4v) is 4.98. The van der Waals surface area contributed by atoms with E-state index in [0.29, 0.717) is 39.0 Å². The fourth-order valence-electron chi connectivity index (χ4n) is 4.98. The number of hydrogen-bond donors (Lipinski definition) is 0. The van der Waals surface area contributed by atoms with Crippen molar-refractivity contribution < 1.29 is 19.1 Å². The Morgan fingerprint density at radius 3 is 2.54 bits per heavy atom. The summed E-state index contributed by atoms with van der Waals surface area (Å²) in [5, 5.41) is 6.52. The van der Waals surface area contributed by atoms with Gasteiger partial charge in [-0.2, -0.15) is 5.10 Å². The van der Waals surface area contributed by atoms with Gasteiger partial charge in [0.1, 0.15) is 5.75 Å². The molecule has 2 heterocycles. The second kappa shape index (κ2) is 11.0. The smallest absolute Gasteiger partial charge is 0.309 e. The second-order valence-corrected chi connectivity index (χ2v) is 9.37. The highest BCUT2D eigenvalue weighted by Crippen LogP contribution is 2.38. The largest absolute Gasteiger partial charge is 0.496 e. The van der Waals surface area contributed by atoms with Crippen molar-refractivity contribution in [3.05, 3.63) is 64.7 Å². The van der Waals surface area contributed by atoms with Crippen LogP contribution in [0.15, 0.2) is 47.6 Å². The maximum Gasteiger partial charge on any atom is 0.309 e. The van der Waals surface area contributed by atoms with E-state index in [2.05, 4.69) is 36.9 Å². The highest BCUT2D eigenvalue weighted by atomic mass is 16.5. The van der Waals surface area contributed by atoms with Gasteiger partial charge in [-0.3, -0.25) is 14.5 Å². The first-order valence-corrected chi connectivity index (χ1v) is 12.4. The van der Waals surface area contributed by atoms with Gasteiger partial charge < -0.3 is 9.47 Å². The molecule has 0 aliphatic carbocycles. The number of para-hydroxylation sites is 1. The summed E-state index contributed by atoms with van der Waals surface area (Å²) in [4.78, 5) is 27.8. The topological polar surface area (TPSA) is 71.4 Å². The van der Waals surface area contributed by atoms with E-state index in [4.69, 9.17) is 14.6 Å². The van der Waals surface area contributed by atoms with Crippen molar-refractivity contribution in [3.8, 4) is 5.75 Å². The molecule has 0 radical (unpaired) electrons. The number of piperidine rings is 1. The van der Waals surface area contributed by atoms with Gasteiger partial charge in [0.2, 0.25) is 0 Å². The molecule has 2 aromatic rings. The molecule has 7 nitrogen and oxygen atoms in total. The Bertz CT molecular complexity index is 1110. The van der Waals surface area contributed by atoms with Crippen molar-refractivity contribution in [2.75, 3.05) is 33.4 Å². The second-order valence-electron chi connectivity index (χ2n) is 9.37. The van der Waals surface area contributed by atoms with Crippen LogP contribution in [-0.2, 0) is 14.3 Å². The number of carbonyl (C=O) groups excluding carboxylic acids is 2. The van der Waals surface area contributed by atoms with Crippen molar-refractivity contribution in [1.29, 1.82) is 0 Å². The van der Waals surface area contributed by atoms with Crippen molar-refractivity contribution in [3.63, 3.8) is 0 Å². The van der Waals surface area contributed by atoms with Gasteiger partial charge in [-0.05, 0) is 64.4 Å². The lowest BCUT2D eigenvalue weighted by Gasteiger charge is -2.32. The summed E-state index contributed by atoms with van der Waals surface area (Å²) in [5.74, 6) is 0.499. The Balaban J connectivity index is 1.55. The van der Waals surface area contributed by atoms with Crippen LogP contribution in [0.3, 0.4) is 0 Å². The van der Waals surface area contributed by atoms with Crippen LogP contribution < -0.4 is 4.74 Å². The zero-order chi connectivity index (χ0) is 24.9. The summed E-state index contributed by atoms with van der Waals surface area (Å²) in [6.45, 7) is 8.02. The average Bonchev–Trinajstić information content (AvgIpc) is 3.31. The predicted molar refractivity (Wildman–Crippen MR) is 135 cm³/mol. The monoisotopic (exact) mass is 477 g/mol. The van der Waals surface area contributed by atoms with Gasteiger partial charge in [0, 0.05) is 17.5 Å². The van der Waals surface area contributed by atoms with E-state index in [9.17, 15) is 9.59 Å². The number of amides is 1. The molecule has 2 aliphatic heterocycles. The van der Waals surface area contributed by atoms with Gasteiger partial charge >= 0.3 is 5.97 Å². The van der Waals surface area contributed by atoms with E-state index in [-0.39, 0.29) is 30.4 Å². The lowest BCUT2D eigenvalue weighted by molar-refractivity contribution is -0.149. The highest BCUT2D eigenvalue weighted by molar-refractivity contribution is 6.04. The minimum Gasteiger partial charge on any atom is -0.496 e. The summed E-state index contributed by atoms with van der Waals surface area (Å²) in [7, 11) is 1.65. The summed E-state index contributed by atoms with van der Waals surface area (Å²) in [6.07, 6.45) is 2.04. The molecule has 2 aromatic carbocycles. The molecule has 7 heteroatoms. The maximum absolute atomic E-state index is 13.6. The van der Waals surface area contributed by atoms with E-state index in [1.165, 1.54) is 0 Å². The molecule has 0 saturated carbocycles. The van der Waals surface area contributed by atoms with Crippen LogP contribution in [0, 0.1) is 19.8 Å². The highest BCUT2D eigenvalue weighted by Gasteiger charge is 2.36. The molecule has 0 bridgehead atoms. The predicted octanol–water partition coefficient (Wildman–Crippen LogP) is 4.26. The molecule has 4 rings (SSSR count). The molecular weight excluding hydrogens is 442 g/mol. The lowest BCUT2D eigenvalue weighted by atomic mass is 9.94. The minimum atomic E-state index is -0.231. The van der Waals surface area contributed by atoms with Crippen LogP contribution in [0.4, 0.5) is 0 Å². The number of methoxy groups -OCH3 is 1. The Labute approximate surface area is 207 Å². The molecular formula is C28H35N3O4. The Kier molecular flexibility index (Phi) is 7.86. The van der Waals surface area contributed by atoms with Crippen LogP contribution in [-0.4, -0.2) is 60.8 Å². The summed E-state index contributed by atoms with van der Waals surface area (Å²) in [6, 6.07) is 13.9. The Hall–Kier alpha value is -3.19. The molecule has 0 N–H and O–H groups in total. The third-order valence-corrected chi connectivity index (χ3v) is 6.93. The van der Waals surface area contributed by atoms with Crippen molar-refractivity contribution >= 4 is 17.6 Å². The van der Waals surface area contributed by atoms with E-state index >= 15 is 0 Å². The molecule has 186 valence electrons. The number of nitrogens with zero attached hydrogens (tertiary/aromatic N) is 3.